The summed E-state index contributed by atoms with van der Waals surface area (Å²) >= 11 is 0. The monoisotopic (exact) mass is 437 g/mol. The van der Waals surface area contributed by atoms with Gasteiger partial charge in [-0.2, -0.15) is 0 Å². The van der Waals surface area contributed by atoms with E-state index in [1.165, 1.54) is 69.8 Å². The highest BCUT2D eigenvalue weighted by Gasteiger charge is 2.34. The van der Waals surface area contributed by atoms with Crippen molar-refractivity contribution in [3.8, 4) is 0 Å². The summed E-state index contributed by atoms with van der Waals surface area (Å²) in [5.41, 5.74) is 3.34. The number of aryl methyl sites for hydroxylation is 1. The molecule has 2 saturated carbocycles. The first-order valence-electron chi connectivity index (χ1n) is 13.0. The molecule has 3 fully saturated rings. The molecular weight excluding hydrogens is 398 g/mol. The van der Waals surface area contributed by atoms with Crippen molar-refractivity contribution in [2.45, 2.75) is 102 Å². The van der Waals surface area contributed by atoms with Crippen LogP contribution in [0.5, 0.6) is 0 Å². The number of aromatic nitrogens is 3. The molecule has 174 valence electrons. The normalized spacial score (nSPS) is 22.4. The number of likely N-dealkylation sites (tertiary alicyclic amines) is 1. The van der Waals surface area contributed by atoms with E-state index < -0.39 is 0 Å². The van der Waals surface area contributed by atoms with Crippen LogP contribution in [0.25, 0.3) is 11.0 Å². The van der Waals surface area contributed by atoms with Crippen LogP contribution in [-0.4, -0.2) is 62.4 Å². The summed E-state index contributed by atoms with van der Waals surface area (Å²) < 4.78 is 2.12. The van der Waals surface area contributed by atoms with E-state index in [2.05, 4.69) is 49.9 Å². The van der Waals surface area contributed by atoms with Crippen molar-refractivity contribution in [3.63, 3.8) is 0 Å². The number of benzene rings is 1. The molecule has 0 spiro atoms. The van der Waals surface area contributed by atoms with Gasteiger partial charge in [0.05, 0.1) is 18.1 Å². The molecule has 6 nitrogen and oxygen atoms in total. The number of hydrogen-bond donors (Lipinski definition) is 0. The number of hydrogen-bond acceptors (Lipinski definition) is 4. The van der Waals surface area contributed by atoms with Gasteiger partial charge >= 0.3 is 0 Å². The summed E-state index contributed by atoms with van der Waals surface area (Å²) in [4.78, 5) is 18.3. The van der Waals surface area contributed by atoms with Crippen LogP contribution in [0.2, 0.25) is 0 Å². The van der Waals surface area contributed by atoms with Crippen LogP contribution < -0.4 is 0 Å². The number of nitrogens with zero attached hydrogens (tertiary/aromatic N) is 5. The van der Waals surface area contributed by atoms with Gasteiger partial charge in [0.1, 0.15) is 5.52 Å². The van der Waals surface area contributed by atoms with Crippen molar-refractivity contribution in [2.24, 2.45) is 0 Å². The third-order valence-electron chi connectivity index (χ3n) is 8.11. The Balaban J connectivity index is 1.21. The van der Waals surface area contributed by atoms with Crippen LogP contribution in [0, 0.1) is 6.92 Å². The molecule has 0 unspecified atom stereocenters. The summed E-state index contributed by atoms with van der Waals surface area (Å²) in [5, 5.41) is 8.86. The Labute approximate surface area is 192 Å². The van der Waals surface area contributed by atoms with Gasteiger partial charge in [-0.1, -0.05) is 49.8 Å². The number of fused-ring (bicyclic) bond motifs is 1. The van der Waals surface area contributed by atoms with Crippen molar-refractivity contribution in [3.05, 3.63) is 23.8 Å². The minimum Gasteiger partial charge on any atom is -0.336 e. The van der Waals surface area contributed by atoms with Crippen LogP contribution >= 0.6 is 0 Å². The van der Waals surface area contributed by atoms with Gasteiger partial charge in [0.25, 0.3) is 0 Å². The molecule has 6 heteroatoms. The van der Waals surface area contributed by atoms with Gasteiger partial charge in [-0.05, 0) is 63.1 Å². The molecule has 0 bridgehead atoms. The number of amides is 1. The summed E-state index contributed by atoms with van der Waals surface area (Å²) in [6.07, 6.45) is 14.8. The summed E-state index contributed by atoms with van der Waals surface area (Å²) in [6.45, 7) is 4.62. The molecule has 1 saturated heterocycles. The van der Waals surface area contributed by atoms with Crippen LogP contribution in [0.1, 0.15) is 88.7 Å². The predicted molar refractivity (Wildman–Crippen MR) is 128 cm³/mol. The molecule has 0 atom stereocenters. The average molecular weight is 438 g/mol. The highest BCUT2D eigenvalue weighted by molar-refractivity contribution is 5.79. The predicted octanol–water partition coefficient (Wildman–Crippen LogP) is 4.87. The second-order valence-electron chi connectivity index (χ2n) is 10.4. The van der Waals surface area contributed by atoms with Gasteiger partial charge in [0.15, 0.2) is 0 Å². The number of rotatable bonds is 5. The zero-order chi connectivity index (χ0) is 21.9. The van der Waals surface area contributed by atoms with E-state index in [0.717, 1.165) is 37.0 Å². The molecule has 0 radical (unpaired) electrons. The fourth-order valence-corrected chi connectivity index (χ4v) is 6.34. The van der Waals surface area contributed by atoms with E-state index >= 15 is 0 Å². The zero-order valence-electron chi connectivity index (χ0n) is 19.7. The minimum atomic E-state index is 0.377. The first-order valence-corrected chi connectivity index (χ1v) is 13.0. The van der Waals surface area contributed by atoms with Crippen molar-refractivity contribution >= 4 is 16.9 Å². The molecule has 5 rings (SSSR count). The lowest BCUT2D eigenvalue weighted by Crippen LogP contribution is -2.52. The van der Waals surface area contributed by atoms with Gasteiger partial charge < -0.3 is 4.90 Å². The van der Waals surface area contributed by atoms with E-state index in [1.54, 1.807) is 0 Å². The Morgan fingerprint density at radius 2 is 1.56 bits per heavy atom. The van der Waals surface area contributed by atoms with Gasteiger partial charge in [0, 0.05) is 25.2 Å². The third kappa shape index (κ3) is 4.70. The van der Waals surface area contributed by atoms with Gasteiger partial charge in [-0.25, -0.2) is 4.68 Å². The van der Waals surface area contributed by atoms with Crippen LogP contribution in [-0.2, 0) is 4.79 Å². The smallest absolute Gasteiger partial charge is 0.237 e. The maximum Gasteiger partial charge on any atom is 0.237 e. The standard InChI is InChI=1S/C26H39N5O/c1-20-12-13-25-24(18-20)27-28-31(25)23-14-16-29(17-15-23)19-26(32)30(21-8-4-2-5-9-21)22-10-6-3-7-11-22/h12-13,18,21-23H,2-11,14-17,19H2,1H3. The third-order valence-corrected chi connectivity index (χ3v) is 8.11. The molecule has 2 aliphatic carbocycles. The topological polar surface area (TPSA) is 54.3 Å². The molecule has 32 heavy (non-hydrogen) atoms. The van der Waals surface area contributed by atoms with E-state index in [0.29, 0.717) is 30.6 Å². The van der Waals surface area contributed by atoms with Crippen molar-refractivity contribution in [1.29, 1.82) is 0 Å². The van der Waals surface area contributed by atoms with Crippen molar-refractivity contribution < 1.29 is 4.79 Å². The van der Waals surface area contributed by atoms with Crippen LogP contribution in [0.4, 0.5) is 0 Å². The summed E-state index contributed by atoms with van der Waals surface area (Å²) in [6, 6.07) is 7.75. The molecule has 3 aliphatic rings. The van der Waals surface area contributed by atoms with Gasteiger partial charge in [-0.15, -0.1) is 5.10 Å². The Morgan fingerprint density at radius 3 is 2.19 bits per heavy atom. The lowest BCUT2D eigenvalue weighted by atomic mass is 9.88. The molecule has 1 aromatic heterocycles. The molecule has 1 amide bonds. The number of carbonyl (C=O) groups is 1. The highest BCUT2D eigenvalue weighted by atomic mass is 16.2. The van der Waals surface area contributed by atoms with Crippen molar-refractivity contribution in [2.75, 3.05) is 19.6 Å². The van der Waals surface area contributed by atoms with Crippen molar-refractivity contribution in [1.82, 2.24) is 24.8 Å². The molecule has 2 heterocycles. The molecule has 1 aromatic carbocycles. The van der Waals surface area contributed by atoms with Crippen LogP contribution in [0.3, 0.4) is 0 Å². The Hall–Kier alpha value is -1.95. The first kappa shape index (κ1) is 21.9. The van der Waals surface area contributed by atoms with Crippen LogP contribution in [0.15, 0.2) is 18.2 Å². The largest absolute Gasteiger partial charge is 0.336 e. The summed E-state index contributed by atoms with van der Waals surface area (Å²) in [7, 11) is 0. The van der Waals surface area contributed by atoms with E-state index in [-0.39, 0.29) is 0 Å². The van der Waals surface area contributed by atoms with E-state index in [9.17, 15) is 4.79 Å². The van der Waals surface area contributed by atoms with E-state index in [4.69, 9.17) is 0 Å². The first-order chi connectivity index (χ1) is 15.7. The van der Waals surface area contributed by atoms with Gasteiger partial charge in [0.2, 0.25) is 5.91 Å². The quantitative estimate of drug-likeness (QED) is 0.670. The Morgan fingerprint density at radius 1 is 0.938 bits per heavy atom. The Bertz CT molecular complexity index is 886. The Kier molecular flexibility index (Phi) is 6.77. The second kappa shape index (κ2) is 9.90. The summed E-state index contributed by atoms with van der Waals surface area (Å²) in [5.74, 6) is 0.393. The maximum atomic E-state index is 13.6. The van der Waals surface area contributed by atoms with Gasteiger partial charge in [-0.3, -0.25) is 9.69 Å². The highest BCUT2D eigenvalue weighted by Crippen LogP contribution is 2.31. The minimum absolute atomic E-state index is 0.377. The number of piperidine rings is 1. The SMILES string of the molecule is Cc1ccc2c(c1)nnn2C1CCN(CC(=O)N(C2CCCCC2)C2CCCCC2)CC1. The maximum absolute atomic E-state index is 13.6. The fraction of sp³-hybridized carbons (Fsp3) is 0.731. The molecular formula is C26H39N5O. The number of carbonyl (C=O) groups excluding carboxylic acids is 1. The van der Waals surface area contributed by atoms with E-state index in [1.807, 2.05) is 0 Å². The lowest BCUT2D eigenvalue weighted by molar-refractivity contribution is -0.139. The average Bonchev–Trinajstić information content (AvgIpc) is 3.24. The molecule has 1 aliphatic heterocycles. The zero-order valence-corrected chi connectivity index (χ0v) is 19.7. The molecule has 2 aromatic rings. The lowest BCUT2D eigenvalue weighted by Gasteiger charge is -2.43. The second-order valence-corrected chi connectivity index (χ2v) is 10.4. The molecule has 0 N–H and O–H groups in total. The fourth-order valence-electron chi connectivity index (χ4n) is 6.34.